The van der Waals surface area contributed by atoms with Gasteiger partial charge < -0.3 is 17.3 Å². The van der Waals surface area contributed by atoms with Gasteiger partial charge in [0.25, 0.3) is 0 Å². The van der Waals surface area contributed by atoms with Gasteiger partial charge in [0, 0.05) is 0 Å². The molecule has 2 aliphatic carbocycles. The Kier molecular flexibility index (Phi) is 10.9. The molecular formula is C18H26BF4Fe-. The average molecular weight is 385 g/mol. The molecule has 2 aliphatic rings. The first-order chi connectivity index (χ1) is 10.3. The molecule has 0 spiro atoms. The van der Waals surface area contributed by atoms with Gasteiger partial charge in [-0.25, -0.2) is 11.1 Å². The molecule has 0 aromatic heterocycles. The third-order valence-corrected chi connectivity index (χ3v) is 4.47. The smallest absolute Gasteiger partial charge is 0.418 e. The zero-order valence-corrected chi connectivity index (χ0v) is 16.7. The third kappa shape index (κ3) is 8.93. The van der Waals surface area contributed by atoms with Crippen LogP contribution in [0, 0.1) is 24.0 Å². The molecule has 0 aromatic rings. The summed E-state index contributed by atoms with van der Waals surface area (Å²) in [6.07, 6.45) is 6.72. The molecule has 0 aromatic carbocycles. The topological polar surface area (TPSA) is 0 Å². The van der Waals surface area contributed by atoms with E-state index < -0.39 is 7.25 Å². The molecule has 0 radical (unpaired) electrons. The maximum absolute atomic E-state index is 9.75. The van der Waals surface area contributed by atoms with Crippen LogP contribution in [-0.2, 0) is 17.1 Å². The molecule has 0 aliphatic heterocycles. The molecule has 0 bridgehead atoms. The van der Waals surface area contributed by atoms with Crippen LogP contribution >= 0.6 is 0 Å². The van der Waals surface area contributed by atoms with Gasteiger partial charge in [-0.3, -0.25) is 12.2 Å². The van der Waals surface area contributed by atoms with Crippen LogP contribution in [0.25, 0.3) is 0 Å². The molecule has 6 heteroatoms. The Morgan fingerprint density at radius 1 is 0.667 bits per heavy atom. The average Bonchev–Trinajstić information content (AvgIpc) is 2.74. The molecule has 0 N–H and O–H groups in total. The van der Waals surface area contributed by atoms with Gasteiger partial charge in [0.1, 0.15) is 0 Å². The SMILES string of the molecule is CC1=[C-]C(C)C(C)=C1C.CC1=[C-]C(C)C(C)=C1C.F[B-](F)(F)F.[Fe+2]. The Morgan fingerprint density at radius 3 is 0.917 bits per heavy atom. The molecule has 138 valence electrons. The van der Waals surface area contributed by atoms with Gasteiger partial charge in [-0.1, -0.05) is 53.4 Å². The van der Waals surface area contributed by atoms with Gasteiger partial charge in [-0.05, 0) is 0 Å². The Balaban J connectivity index is 0. The van der Waals surface area contributed by atoms with E-state index in [2.05, 4.69) is 67.5 Å². The predicted octanol–water partition coefficient (Wildman–Crippen LogP) is 6.74. The standard InChI is InChI=1S/2C9H13.BF4.Fe/c2*1-6-5-7(2)9(4)8(6)3;2-1(3,4)5;/h2*6H,1-4H3;;/q3*-1;+2. The van der Waals surface area contributed by atoms with Crippen molar-refractivity contribution in [3.8, 4) is 0 Å². The summed E-state index contributed by atoms with van der Waals surface area (Å²) >= 11 is 0. The van der Waals surface area contributed by atoms with E-state index in [0.717, 1.165) is 0 Å². The molecule has 2 atom stereocenters. The van der Waals surface area contributed by atoms with Gasteiger partial charge in [-0.2, -0.15) is 22.3 Å². The number of hydrogen-bond acceptors (Lipinski definition) is 0. The van der Waals surface area contributed by atoms with E-state index in [-0.39, 0.29) is 17.1 Å². The summed E-state index contributed by atoms with van der Waals surface area (Å²) in [5, 5.41) is 0. The Morgan fingerprint density at radius 2 is 0.875 bits per heavy atom. The zero-order valence-electron chi connectivity index (χ0n) is 15.6. The van der Waals surface area contributed by atoms with Crippen molar-refractivity contribution in [1.82, 2.24) is 0 Å². The summed E-state index contributed by atoms with van der Waals surface area (Å²) in [5.74, 6) is 1.12. The second-order valence-corrected chi connectivity index (χ2v) is 6.09. The molecule has 2 rings (SSSR count). The van der Waals surface area contributed by atoms with E-state index in [4.69, 9.17) is 0 Å². The van der Waals surface area contributed by atoms with Gasteiger partial charge in [0.15, 0.2) is 0 Å². The van der Waals surface area contributed by atoms with Gasteiger partial charge in [-0.15, -0.1) is 13.8 Å². The molecule has 0 fully saturated rings. The molecule has 0 nitrogen and oxygen atoms in total. The van der Waals surface area contributed by atoms with E-state index in [0.29, 0.717) is 11.8 Å². The minimum atomic E-state index is -6.00. The van der Waals surface area contributed by atoms with Crippen LogP contribution in [0.5, 0.6) is 0 Å². The normalized spacial score (nSPS) is 22.8. The molecule has 0 saturated heterocycles. The summed E-state index contributed by atoms with van der Waals surface area (Å²) in [6.45, 7) is 17.3. The first kappa shape index (κ1) is 25.5. The van der Waals surface area contributed by atoms with E-state index in [1.165, 1.54) is 33.4 Å². The first-order valence-electron chi connectivity index (χ1n) is 7.68. The quantitative estimate of drug-likeness (QED) is 0.246. The third-order valence-electron chi connectivity index (χ3n) is 4.47. The summed E-state index contributed by atoms with van der Waals surface area (Å²) in [4.78, 5) is 0. The molecule has 0 amide bonds. The Hall–Kier alpha value is -0.736. The van der Waals surface area contributed by atoms with Crippen LogP contribution in [0.3, 0.4) is 0 Å². The minimum Gasteiger partial charge on any atom is -0.418 e. The van der Waals surface area contributed by atoms with Crippen LogP contribution in [-0.4, -0.2) is 7.25 Å². The van der Waals surface area contributed by atoms with Gasteiger partial charge >= 0.3 is 24.3 Å². The number of hydrogen-bond donors (Lipinski definition) is 0. The van der Waals surface area contributed by atoms with Crippen LogP contribution in [0.4, 0.5) is 17.3 Å². The van der Waals surface area contributed by atoms with Crippen molar-refractivity contribution >= 4 is 7.25 Å². The fourth-order valence-corrected chi connectivity index (χ4v) is 2.32. The molecular weight excluding hydrogens is 359 g/mol. The van der Waals surface area contributed by atoms with Crippen molar-refractivity contribution in [2.24, 2.45) is 11.8 Å². The summed E-state index contributed by atoms with van der Waals surface area (Å²) < 4.78 is 39.0. The summed E-state index contributed by atoms with van der Waals surface area (Å²) in [7, 11) is -6.00. The monoisotopic (exact) mass is 385 g/mol. The maximum Gasteiger partial charge on any atom is 2.00 e. The maximum atomic E-state index is 9.75. The second kappa shape index (κ2) is 10.3. The summed E-state index contributed by atoms with van der Waals surface area (Å²) in [6, 6.07) is 0. The van der Waals surface area contributed by atoms with Crippen LogP contribution in [0.15, 0.2) is 33.4 Å². The van der Waals surface area contributed by atoms with Crippen molar-refractivity contribution in [3.63, 3.8) is 0 Å². The predicted molar refractivity (Wildman–Crippen MR) is 90.1 cm³/mol. The first-order valence-corrected chi connectivity index (χ1v) is 7.68. The van der Waals surface area contributed by atoms with Crippen LogP contribution in [0.2, 0.25) is 0 Å². The molecule has 0 heterocycles. The molecule has 24 heavy (non-hydrogen) atoms. The van der Waals surface area contributed by atoms with E-state index >= 15 is 0 Å². The number of rotatable bonds is 0. The van der Waals surface area contributed by atoms with Gasteiger partial charge in [0.2, 0.25) is 0 Å². The Bertz CT molecular complexity index is 504. The van der Waals surface area contributed by atoms with E-state index in [1.807, 2.05) is 0 Å². The van der Waals surface area contributed by atoms with Crippen molar-refractivity contribution in [2.75, 3.05) is 0 Å². The Labute approximate surface area is 154 Å². The van der Waals surface area contributed by atoms with Crippen molar-refractivity contribution in [2.45, 2.75) is 55.4 Å². The van der Waals surface area contributed by atoms with Crippen molar-refractivity contribution in [3.05, 3.63) is 45.6 Å². The fraction of sp³-hybridized carbons (Fsp3) is 0.556. The second-order valence-electron chi connectivity index (χ2n) is 6.09. The van der Waals surface area contributed by atoms with Crippen molar-refractivity contribution in [1.29, 1.82) is 0 Å². The van der Waals surface area contributed by atoms with E-state index in [9.17, 15) is 17.3 Å². The van der Waals surface area contributed by atoms with Gasteiger partial charge in [0.05, 0.1) is 0 Å². The van der Waals surface area contributed by atoms with Crippen molar-refractivity contribution < 1.29 is 34.3 Å². The largest absolute Gasteiger partial charge is 2.00 e. The fourth-order valence-electron chi connectivity index (χ4n) is 2.32. The van der Waals surface area contributed by atoms with E-state index in [1.54, 1.807) is 0 Å². The molecule has 0 saturated carbocycles. The summed E-state index contributed by atoms with van der Waals surface area (Å²) in [5.41, 5.74) is 8.49. The van der Waals surface area contributed by atoms with Crippen LogP contribution < -0.4 is 0 Å². The number of halogens is 4. The zero-order chi connectivity index (χ0) is 18.5. The minimum absolute atomic E-state index is 0. The molecule has 2 unspecified atom stereocenters. The number of allylic oxidation sites excluding steroid dienone is 8. The van der Waals surface area contributed by atoms with Crippen LogP contribution in [0.1, 0.15) is 55.4 Å².